The van der Waals surface area contributed by atoms with Gasteiger partial charge < -0.3 is 15.8 Å². The number of rotatable bonds is 4. The zero-order valence-electron chi connectivity index (χ0n) is 13.8. The first-order chi connectivity index (χ1) is 11.6. The number of para-hydroxylation sites is 1. The van der Waals surface area contributed by atoms with Crippen molar-refractivity contribution in [2.24, 2.45) is 0 Å². The monoisotopic (exact) mass is 380 g/mol. The van der Waals surface area contributed by atoms with Crippen LogP contribution in [0.1, 0.15) is 28.8 Å². The Bertz CT molecular complexity index is 714. The Morgan fingerprint density at radius 1 is 1.12 bits per heavy atom. The quantitative estimate of drug-likeness (QED) is 0.792. The number of hydrogen-bond acceptors (Lipinski definition) is 3. The van der Waals surface area contributed by atoms with Crippen LogP contribution in [0.2, 0.25) is 5.02 Å². The average Bonchev–Trinajstić information content (AvgIpc) is 2.61. The third kappa shape index (κ3) is 4.46. The normalized spacial score (nSPS) is 15.9. The molecule has 3 rings (SSSR count). The summed E-state index contributed by atoms with van der Waals surface area (Å²) in [4.78, 5) is 12.5. The van der Waals surface area contributed by atoms with E-state index < -0.39 is 0 Å². The molecule has 2 aromatic carbocycles. The maximum atomic E-state index is 12.5. The highest BCUT2D eigenvalue weighted by molar-refractivity contribution is 6.30. The van der Waals surface area contributed by atoms with E-state index in [0.717, 1.165) is 12.8 Å². The van der Waals surface area contributed by atoms with E-state index in [9.17, 15) is 4.79 Å². The van der Waals surface area contributed by atoms with E-state index in [1.54, 1.807) is 12.1 Å². The SMILES string of the molecule is Cl.Nc1ccccc1C(=O)NCC1(c2ccc(Cl)cc2)CCOCC1. The van der Waals surface area contributed by atoms with Gasteiger partial charge in [-0.1, -0.05) is 35.9 Å². The maximum absolute atomic E-state index is 12.5. The van der Waals surface area contributed by atoms with E-state index in [1.807, 2.05) is 36.4 Å². The van der Waals surface area contributed by atoms with Crippen LogP contribution in [0.5, 0.6) is 0 Å². The van der Waals surface area contributed by atoms with Gasteiger partial charge in [0.15, 0.2) is 0 Å². The fourth-order valence-electron chi connectivity index (χ4n) is 3.18. The Labute approximate surface area is 159 Å². The number of anilines is 1. The van der Waals surface area contributed by atoms with Crippen molar-refractivity contribution in [3.63, 3.8) is 0 Å². The lowest BCUT2D eigenvalue weighted by Crippen LogP contribution is -2.44. The van der Waals surface area contributed by atoms with Crippen molar-refractivity contribution in [1.29, 1.82) is 0 Å². The molecule has 25 heavy (non-hydrogen) atoms. The van der Waals surface area contributed by atoms with Crippen LogP contribution in [0.3, 0.4) is 0 Å². The molecule has 134 valence electrons. The van der Waals surface area contributed by atoms with Crippen molar-refractivity contribution in [3.8, 4) is 0 Å². The first-order valence-electron chi connectivity index (χ1n) is 8.07. The molecule has 0 saturated carbocycles. The Hall–Kier alpha value is -1.75. The highest BCUT2D eigenvalue weighted by atomic mass is 35.5. The van der Waals surface area contributed by atoms with Gasteiger partial charge in [0.05, 0.1) is 5.56 Å². The third-order valence-corrected chi connectivity index (χ3v) is 4.95. The Balaban J connectivity index is 0.00000225. The number of ether oxygens (including phenoxy) is 1. The summed E-state index contributed by atoms with van der Waals surface area (Å²) in [6.07, 6.45) is 1.72. The van der Waals surface area contributed by atoms with Gasteiger partial charge in [0.25, 0.3) is 5.91 Å². The number of amides is 1. The number of nitrogen functional groups attached to an aromatic ring is 1. The zero-order chi connectivity index (χ0) is 17.0. The summed E-state index contributed by atoms with van der Waals surface area (Å²) in [6, 6.07) is 15.0. The van der Waals surface area contributed by atoms with E-state index in [-0.39, 0.29) is 23.7 Å². The molecule has 1 saturated heterocycles. The fraction of sp³-hybridized carbons (Fsp3) is 0.316. The molecule has 0 aromatic heterocycles. The first-order valence-corrected chi connectivity index (χ1v) is 8.45. The van der Waals surface area contributed by atoms with Crippen molar-refractivity contribution < 1.29 is 9.53 Å². The van der Waals surface area contributed by atoms with Crippen LogP contribution in [-0.2, 0) is 10.2 Å². The molecule has 0 atom stereocenters. The van der Waals surface area contributed by atoms with E-state index in [0.29, 0.717) is 36.0 Å². The van der Waals surface area contributed by atoms with Crippen LogP contribution in [0, 0.1) is 0 Å². The minimum absolute atomic E-state index is 0. The molecule has 1 fully saturated rings. The van der Waals surface area contributed by atoms with Gasteiger partial charge in [-0.3, -0.25) is 4.79 Å². The lowest BCUT2D eigenvalue weighted by Gasteiger charge is -2.38. The highest BCUT2D eigenvalue weighted by Crippen LogP contribution is 2.35. The number of hydrogen-bond donors (Lipinski definition) is 2. The summed E-state index contributed by atoms with van der Waals surface area (Å²) in [7, 11) is 0. The average molecular weight is 381 g/mol. The van der Waals surface area contributed by atoms with E-state index in [1.165, 1.54) is 5.56 Å². The van der Waals surface area contributed by atoms with Crippen molar-refractivity contribution >= 4 is 35.6 Å². The number of carbonyl (C=O) groups excluding carboxylic acids is 1. The standard InChI is InChI=1S/C19H21ClN2O2.ClH/c20-15-7-5-14(6-8-15)19(9-11-24-12-10-19)13-22-18(23)16-3-1-2-4-17(16)21;/h1-8H,9-13,21H2,(H,22,23);1H. The molecular weight excluding hydrogens is 359 g/mol. The van der Waals surface area contributed by atoms with Gasteiger partial charge in [0.2, 0.25) is 0 Å². The van der Waals surface area contributed by atoms with Crippen molar-refractivity contribution in [2.75, 3.05) is 25.5 Å². The van der Waals surface area contributed by atoms with Gasteiger partial charge in [-0.15, -0.1) is 12.4 Å². The summed E-state index contributed by atoms with van der Waals surface area (Å²) >= 11 is 6.01. The lowest BCUT2D eigenvalue weighted by molar-refractivity contribution is 0.0487. The number of benzene rings is 2. The molecule has 2 aromatic rings. The summed E-state index contributed by atoms with van der Waals surface area (Å²) in [5.41, 5.74) is 7.93. The summed E-state index contributed by atoms with van der Waals surface area (Å²) in [5, 5.41) is 3.77. The molecule has 1 amide bonds. The molecule has 6 heteroatoms. The molecule has 0 aliphatic carbocycles. The van der Waals surface area contributed by atoms with Gasteiger partial charge >= 0.3 is 0 Å². The minimum Gasteiger partial charge on any atom is -0.398 e. The molecule has 0 radical (unpaired) electrons. The largest absolute Gasteiger partial charge is 0.398 e. The Morgan fingerprint density at radius 2 is 1.76 bits per heavy atom. The van der Waals surface area contributed by atoms with Gasteiger partial charge in [-0.2, -0.15) is 0 Å². The Morgan fingerprint density at radius 3 is 2.40 bits per heavy atom. The predicted octanol–water partition coefficient (Wildman–Crippen LogP) is 3.82. The van der Waals surface area contributed by atoms with Crippen LogP contribution in [0.4, 0.5) is 5.69 Å². The summed E-state index contributed by atoms with van der Waals surface area (Å²) in [5.74, 6) is -0.145. The van der Waals surface area contributed by atoms with Gasteiger partial charge in [0, 0.05) is 35.9 Å². The number of nitrogens with one attached hydrogen (secondary N) is 1. The second-order valence-electron chi connectivity index (χ2n) is 6.17. The molecule has 0 unspecified atom stereocenters. The van der Waals surface area contributed by atoms with Crippen LogP contribution in [0.25, 0.3) is 0 Å². The van der Waals surface area contributed by atoms with E-state index in [2.05, 4.69) is 5.32 Å². The predicted molar refractivity (Wildman–Crippen MR) is 104 cm³/mol. The van der Waals surface area contributed by atoms with E-state index >= 15 is 0 Å². The molecule has 4 nitrogen and oxygen atoms in total. The van der Waals surface area contributed by atoms with Crippen LogP contribution < -0.4 is 11.1 Å². The van der Waals surface area contributed by atoms with Gasteiger partial charge in [-0.25, -0.2) is 0 Å². The number of halogens is 2. The second kappa shape index (κ2) is 8.56. The van der Waals surface area contributed by atoms with Gasteiger partial charge in [-0.05, 0) is 42.7 Å². The summed E-state index contributed by atoms with van der Waals surface area (Å²) in [6.45, 7) is 1.92. The minimum atomic E-state index is -0.145. The molecule has 1 heterocycles. The maximum Gasteiger partial charge on any atom is 0.253 e. The van der Waals surface area contributed by atoms with E-state index in [4.69, 9.17) is 22.1 Å². The second-order valence-corrected chi connectivity index (χ2v) is 6.61. The van der Waals surface area contributed by atoms with Crippen molar-refractivity contribution in [1.82, 2.24) is 5.32 Å². The molecule has 0 spiro atoms. The lowest BCUT2D eigenvalue weighted by atomic mass is 9.74. The molecular formula is C19H22Cl2N2O2. The molecule has 0 bridgehead atoms. The number of carbonyl (C=O) groups is 1. The van der Waals surface area contributed by atoms with Crippen LogP contribution >= 0.6 is 24.0 Å². The number of nitrogens with two attached hydrogens (primary N) is 1. The van der Waals surface area contributed by atoms with Crippen molar-refractivity contribution in [3.05, 3.63) is 64.7 Å². The molecule has 1 aliphatic heterocycles. The van der Waals surface area contributed by atoms with Crippen LogP contribution in [-0.4, -0.2) is 25.7 Å². The first kappa shape index (κ1) is 19.6. The smallest absolute Gasteiger partial charge is 0.253 e. The van der Waals surface area contributed by atoms with Crippen molar-refractivity contribution in [2.45, 2.75) is 18.3 Å². The fourth-order valence-corrected chi connectivity index (χ4v) is 3.31. The molecule has 1 aliphatic rings. The summed E-state index contributed by atoms with van der Waals surface area (Å²) < 4.78 is 5.52. The molecule has 3 N–H and O–H groups in total. The zero-order valence-corrected chi connectivity index (χ0v) is 15.4. The van der Waals surface area contributed by atoms with Gasteiger partial charge in [0.1, 0.15) is 0 Å². The topological polar surface area (TPSA) is 64.4 Å². The van der Waals surface area contributed by atoms with Crippen LogP contribution in [0.15, 0.2) is 48.5 Å². The Kier molecular flexibility index (Phi) is 6.71. The highest BCUT2D eigenvalue weighted by Gasteiger charge is 2.35. The third-order valence-electron chi connectivity index (χ3n) is 4.70.